The van der Waals surface area contributed by atoms with Gasteiger partial charge < -0.3 is 0 Å². The fraction of sp³-hybridized carbons (Fsp3) is 0.0909. The largest absolute Gasteiger partial charge is 0.279 e. The second-order valence-electron chi connectivity index (χ2n) is 3.67. The molecule has 0 unspecified atom stereocenters. The van der Waals surface area contributed by atoms with Crippen LogP contribution >= 0.6 is 11.6 Å². The van der Waals surface area contributed by atoms with Crippen molar-refractivity contribution in [2.75, 3.05) is 12.6 Å². The molecule has 0 saturated heterocycles. The minimum Gasteiger partial charge on any atom is -0.279 e. The first-order valence-corrected chi connectivity index (χ1v) is 5.79. The fourth-order valence-electron chi connectivity index (χ4n) is 1.60. The minimum absolute atomic E-state index is 0.405. The van der Waals surface area contributed by atoms with Crippen molar-refractivity contribution in [1.29, 1.82) is 0 Å². The van der Waals surface area contributed by atoms with Gasteiger partial charge in [-0.25, -0.2) is 9.97 Å². The average Bonchev–Trinajstić information content (AvgIpc) is 2.82. The van der Waals surface area contributed by atoms with E-state index < -0.39 is 0 Å². The van der Waals surface area contributed by atoms with E-state index in [2.05, 4.69) is 25.6 Å². The summed E-state index contributed by atoms with van der Waals surface area (Å²) < 4.78 is 0. The normalized spacial score (nSPS) is 10.8. The van der Waals surface area contributed by atoms with Gasteiger partial charge in [-0.2, -0.15) is 0 Å². The Balaban J connectivity index is 2.05. The van der Waals surface area contributed by atoms with Gasteiger partial charge >= 0.3 is 0 Å². The van der Waals surface area contributed by atoms with Crippen LogP contribution in [-0.4, -0.2) is 32.1 Å². The summed E-state index contributed by atoms with van der Waals surface area (Å²) in [5, 5.41) is 8.88. The molecule has 0 aliphatic rings. The van der Waals surface area contributed by atoms with Crippen LogP contribution in [0.3, 0.4) is 0 Å². The van der Waals surface area contributed by atoms with Crippen LogP contribution in [0.4, 0.5) is 5.69 Å². The van der Waals surface area contributed by atoms with Crippen molar-refractivity contribution in [3.63, 3.8) is 0 Å². The topological polar surface area (TPSA) is 77.8 Å². The van der Waals surface area contributed by atoms with E-state index in [9.17, 15) is 0 Å². The Labute approximate surface area is 113 Å². The Kier molecular flexibility index (Phi) is 2.98. The van der Waals surface area contributed by atoms with E-state index in [1.54, 1.807) is 24.5 Å². The van der Waals surface area contributed by atoms with Gasteiger partial charge in [0.15, 0.2) is 5.82 Å². The molecule has 3 aromatic heterocycles. The van der Waals surface area contributed by atoms with Crippen molar-refractivity contribution in [1.82, 2.24) is 25.0 Å². The molecule has 0 aromatic carbocycles. The molecule has 0 aliphatic heterocycles. The third-order valence-electron chi connectivity index (χ3n) is 2.39. The molecule has 8 heteroatoms. The van der Waals surface area contributed by atoms with E-state index >= 15 is 0 Å². The first kappa shape index (κ1) is 11.8. The highest BCUT2D eigenvalue weighted by Gasteiger charge is 2.10. The molecule has 0 amide bonds. The monoisotopic (exact) mass is 276 g/mol. The molecule has 3 aromatic rings. The predicted molar refractivity (Wildman–Crippen MR) is 70.1 cm³/mol. The van der Waals surface area contributed by atoms with E-state index in [1.165, 1.54) is 11.9 Å². The smallest absolute Gasteiger partial charge is 0.202 e. The molecule has 0 spiro atoms. The Morgan fingerprint density at radius 2 is 2.21 bits per heavy atom. The molecule has 3 heterocycles. The van der Waals surface area contributed by atoms with Crippen molar-refractivity contribution in [3.8, 4) is 5.82 Å². The lowest BCUT2D eigenvalue weighted by molar-refractivity contribution is 0.271. The average molecular weight is 277 g/mol. The molecule has 1 N–H and O–H groups in total. The first-order chi connectivity index (χ1) is 9.28. The molecule has 0 atom stereocenters. The van der Waals surface area contributed by atoms with Gasteiger partial charge in [-0.15, -0.1) is 15.0 Å². The Morgan fingerprint density at radius 3 is 2.95 bits per heavy atom. The molecular formula is C11H9ClN6O. The lowest BCUT2D eigenvalue weighted by Crippen LogP contribution is -2.04. The van der Waals surface area contributed by atoms with Crippen molar-refractivity contribution in [3.05, 3.63) is 35.6 Å². The maximum Gasteiger partial charge on any atom is 0.202 e. The highest BCUT2D eigenvalue weighted by Crippen LogP contribution is 2.21. The number of fused-ring (bicyclic) bond motifs is 1. The summed E-state index contributed by atoms with van der Waals surface area (Å²) in [5.74, 6) is 0.432. The molecule has 7 nitrogen and oxygen atoms in total. The summed E-state index contributed by atoms with van der Waals surface area (Å²) in [6.45, 7) is 0. The molecule has 96 valence electrons. The van der Waals surface area contributed by atoms with Crippen LogP contribution in [0.5, 0.6) is 0 Å². The Bertz CT molecular complexity index is 695. The van der Waals surface area contributed by atoms with Gasteiger partial charge in [0.25, 0.3) is 0 Å². The number of halogens is 1. The van der Waals surface area contributed by atoms with Gasteiger partial charge in [0.2, 0.25) is 5.65 Å². The van der Waals surface area contributed by atoms with Crippen molar-refractivity contribution in [2.24, 2.45) is 0 Å². The summed E-state index contributed by atoms with van der Waals surface area (Å²) >= 11 is 6.15. The van der Waals surface area contributed by atoms with E-state index in [4.69, 9.17) is 16.4 Å². The maximum absolute atomic E-state index is 6.15. The van der Waals surface area contributed by atoms with Crippen LogP contribution in [0.1, 0.15) is 0 Å². The molecule has 0 fully saturated rings. The third-order valence-corrected chi connectivity index (χ3v) is 2.67. The van der Waals surface area contributed by atoms with Gasteiger partial charge in [0.1, 0.15) is 5.52 Å². The summed E-state index contributed by atoms with van der Waals surface area (Å²) in [4.78, 5) is 14.4. The molecule has 0 saturated carbocycles. The zero-order chi connectivity index (χ0) is 13.2. The SMILES string of the molecule is CONc1cnc(-n2nc3cccnc3n2)c(Cl)c1. The fourth-order valence-corrected chi connectivity index (χ4v) is 1.85. The Hall–Kier alpha value is -2.25. The molecule has 0 radical (unpaired) electrons. The van der Waals surface area contributed by atoms with Crippen LogP contribution in [0.15, 0.2) is 30.6 Å². The van der Waals surface area contributed by atoms with Gasteiger partial charge in [0, 0.05) is 6.20 Å². The van der Waals surface area contributed by atoms with E-state index in [0.29, 0.717) is 27.7 Å². The van der Waals surface area contributed by atoms with Gasteiger partial charge in [0.05, 0.1) is 24.0 Å². The molecule has 19 heavy (non-hydrogen) atoms. The standard InChI is InChI=1S/C11H9ClN6O/c1-19-17-7-5-8(12)11(14-6-7)18-15-9-3-2-4-13-10(9)16-18/h2-6,17H,1H3. The lowest BCUT2D eigenvalue weighted by atomic mass is 10.4. The molecular weight excluding hydrogens is 268 g/mol. The number of hydrogen-bond donors (Lipinski definition) is 1. The number of nitrogens with zero attached hydrogens (tertiary/aromatic N) is 5. The number of nitrogens with one attached hydrogen (secondary N) is 1. The summed E-state index contributed by atoms with van der Waals surface area (Å²) in [5.41, 5.74) is 4.51. The number of aromatic nitrogens is 5. The first-order valence-electron chi connectivity index (χ1n) is 5.41. The Morgan fingerprint density at radius 1 is 1.32 bits per heavy atom. The third kappa shape index (κ3) is 2.20. The maximum atomic E-state index is 6.15. The van der Waals surface area contributed by atoms with Crippen molar-refractivity contribution >= 4 is 28.5 Å². The number of hydrogen-bond acceptors (Lipinski definition) is 6. The van der Waals surface area contributed by atoms with Crippen LogP contribution in [0.2, 0.25) is 5.02 Å². The van der Waals surface area contributed by atoms with Crippen LogP contribution in [-0.2, 0) is 4.84 Å². The van der Waals surface area contributed by atoms with E-state index in [-0.39, 0.29) is 0 Å². The van der Waals surface area contributed by atoms with Crippen LogP contribution in [0, 0.1) is 0 Å². The lowest BCUT2D eigenvalue weighted by Gasteiger charge is -2.05. The van der Waals surface area contributed by atoms with Crippen molar-refractivity contribution < 1.29 is 4.84 Å². The zero-order valence-electron chi connectivity index (χ0n) is 9.91. The summed E-state index contributed by atoms with van der Waals surface area (Å²) in [6.07, 6.45) is 3.23. The van der Waals surface area contributed by atoms with Gasteiger partial charge in [-0.3, -0.25) is 10.3 Å². The summed E-state index contributed by atoms with van der Waals surface area (Å²) in [7, 11) is 1.51. The van der Waals surface area contributed by atoms with Gasteiger partial charge in [-0.1, -0.05) is 11.6 Å². The zero-order valence-corrected chi connectivity index (χ0v) is 10.7. The van der Waals surface area contributed by atoms with Crippen molar-refractivity contribution in [2.45, 2.75) is 0 Å². The number of anilines is 1. The molecule has 0 bridgehead atoms. The number of pyridine rings is 2. The molecule has 0 aliphatic carbocycles. The second-order valence-corrected chi connectivity index (χ2v) is 4.08. The highest BCUT2D eigenvalue weighted by atomic mass is 35.5. The summed E-state index contributed by atoms with van der Waals surface area (Å²) in [6, 6.07) is 5.29. The van der Waals surface area contributed by atoms with E-state index in [1.807, 2.05) is 6.07 Å². The minimum atomic E-state index is 0.405. The number of rotatable bonds is 3. The highest BCUT2D eigenvalue weighted by molar-refractivity contribution is 6.32. The van der Waals surface area contributed by atoms with Crippen LogP contribution in [0.25, 0.3) is 17.0 Å². The predicted octanol–water partition coefficient (Wildman–Crippen LogP) is 1.84. The van der Waals surface area contributed by atoms with Gasteiger partial charge in [-0.05, 0) is 18.2 Å². The second kappa shape index (κ2) is 4.79. The molecule has 3 rings (SSSR count). The van der Waals surface area contributed by atoms with E-state index in [0.717, 1.165) is 0 Å². The van der Waals surface area contributed by atoms with Crippen LogP contribution < -0.4 is 5.48 Å². The quantitative estimate of drug-likeness (QED) is 0.736.